The van der Waals surface area contributed by atoms with Crippen LogP contribution in [0.15, 0.2) is 64.0 Å². The Morgan fingerprint density at radius 1 is 1.13 bits per heavy atom. The number of rotatable bonds is 5. The smallest absolute Gasteiger partial charge is 0.260 e. The molecule has 0 radical (unpaired) electrons. The topological polar surface area (TPSA) is 63.7 Å². The molecule has 2 atom stereocenters. The fourth-order valence-electron chi connectivity index (χ4n) is 4.52. The second kappa shape index (κ2) is 8.07. The highest BCUT2D eigenvalue weighted by Gasteiger charge is 2.32. The number of nitrogens with one attached hydrogen (secondary N) is 2. The fraction of sp³-hybridized carbons (Fsp3) is 0.391. The van der Waals surface area contributed by atoms with Gasteiger partial charge in [-0.2, -0.15) is 0 Å². The maximum atomic E-state index is 12.6. The summed E-state index contributed by atoms with van der Waals surface area (Å²) in [5.74, 6) is 0.658. The molecule has 2 N–H and O–H groups in total. The highest BCUT2D eigenvalue weighted by Crippen LogP contribution is 2.26. The Kier molecular flexibility index (Phi) is 5.12. The van der Waals surface area contributed by atoms with Crippen LogP contribution in [0.1, 0.15) is 12.0 Å². The minimum absolute atomic E-state index is 0.0219. The van der Waals surface area contributed by atoms with Gasteiger partial charge in [0.1, 0.15) is 5.84 Å². The largest absolute Gasteiger partial charge is 0.369 e. The molecule has 0 aromatic rings. The zero-order valence-electron chi connectivity index (χ0n) is 16.9. The number of aromatic amines is 1. The number of aliphatic imine (C=N–C) groups is 1. The van der Waals surface area contributed by atoms with Gasteiger partial charge in [0.05, 0.1) is 24.3 Å². The van der Waals surface area contributed by atoms with Crippen molar-refractivity contribution in [3.05, 3.63) is 70.2 Å². The second-order valence-electron chi connectivity index (χ2n) is 8.03. The van der Waals surface area contributed by atoms with E-state index < -0.39 is 0 Å². The molecule has 2 unspecified atom stereocenters. The predicted molar refractivity (Wildman–Crippen MR) is 117 cm³/mol. The summed E-state index contributed by atoms with van der Waals surface area (Å²) >= 11 is 0. The summed E-state index contributed by atoms with van der Waals surface area (Å²) in [6, 6.07) is 9.71. The molecule has 3 aliphatic heterocycles. The summed E-state index contributed by atoms with van der Waals surface area (Å²) in [5, 5.41) is 3.43. The van der Waals surface area contributed by atoms with Gasteiger partial charge in [0, 0.05) is 49.7 Å². The first-order chi connectivity index (χ1) is 14.7. The van der Waals surface area contributed by atoms with Gasteiger partial charge < -0.3 is 15.2 Å². The lowest BCUT2D eigenvalue weighted by molar-refractivity contribution is 0.156. The Morgan fingerprint density at radius 3 is 2.80 bits per heavy atom. The summed E-state index contributed by atoms with van der Waals surface area (Å²) in [5.41, 5.74) is 3.38. The highest BCUT2D eigenvalue weighted by atomic mass is 19.1. The van der Waals surface area contributed by atoms with Crippen molar-refractivity contribution < 1.29 is 4.39 Å². The lowest BCUT2D eigenvalue weighted by atomic mass is 10.0. The lowest BCUT2D eigenvalue weighted by Crippen LogP contribution is -2.46. The molecule has 2 aliphatic carbocycles. The molecule has 1 fully saturated rings. The molecule has 0 amide bonds. The van der Waals surface area contributed by atoms with Gasteiger partial charge in [-0.15, -0.1) is 0 Å². The van der Waals surface area contributed by atoms with Crippen molar-refractivity contribution in [2.45, 2.75) is 18.5 Å². The number of halogens is 1. The number of H-pyrrole nitrogens is 1. The van der Waals surface area contributed by atoms with E-state index in [2.05, 4.69) is 38.3 Å². The van der Waals surface area contributed by atoms with Crippen molar-refractivity contribution >= 4 is 5.84 Å². The Labute approximate surface area is 175 Å². The number of nitrogens with zero attached hydrogens (tertiary/aromatic N) is 3. The normalized spacial score (nSPS) is 23.8. The molecule has 5 aliphatic rings. The van der Waals surface area contributed by atoms with Crippen molar-refractivity contribution in [2.24, 2.45) is 4.99 Å². The van der Waals surface area contributed by atoms with E-state index in [-0.39, 0.29) is 24.3 Å². The molecular weight excluding hydrogens is 381 g/mol. The molecule has 0 spiro atoms. The van der Waals surface area contributed by atoms with Crippen molar-refractivity contribution in [1.82, 2.24) is 20.1 Å². The standard InChI is InChI=1S/C23H26FN5O/c24-9-4-10-28-11-13-29(14-12-28)16-7-8-19-20(15-16)26-22(25-19)21-17-5-2-1-3-6-18(17)27-23(21)30/h1-3,5-8,15,19-20H,4,9-14H2,(H,25,26)(H,27,30). The highest BCUT2D eigenvalue weighted by molar-refractivity contribution is 6.06. The van der Waals surface area contributed by atoms with Gasteiger partial charge in [-0.1, -0.05) is 30.3 Å². The van der Waals surface area contributed by atoms with Crippen LogP contribution in [0, 0.1) is 0 Å². The van der Waals surface area contributed by atoms with Gasteiger partial charge in [0.25, 0.3) is 5.56 Å². The van der Waals surface area contributed by atoms with Gasteiger partial charge in [-0.3, -0.25) is 19.1 Å². The third kappa shape index (κ3) is 3.54. The van der Waals surface area contributed by atoms with E-state index in [0.29, 0.717) is 17.8 Å². The van der Waals surface area contributed by atoms with Crippen LogP contribution in [0.2, 0.25) is 0 Å². The molecule has 0 aromatic carbocycles. The lowest BCUT2D eigenvalue weighted by Gasteiger charge is -2.37. The fourth-order valence-corrected chi connectivity index (χ4v) is 4.52. The Bertz CT molecular complexity index is 1030. The van der Waals surface area contributed by atoms with E-state index >= 15 is 0 Å². The van der Waals surface area contributed by atoms with Crippen LogP contribution >= 0.6 is 0 Å². The van der Waals surface area contributed by atoms with Crippen LogP contribution in [-0.4, -0.2) is 72.1 Å². The molecule has 3 heterocycles. The summed E-state index contributed by atoms with van der Waals surface area (Å²) < 4.78 is 12.4. The molecule has 30 heavy (non-hydrogen) atoms. The maximum absolute atomic E-state index is 12.6. The molecule has 1 saturated heterocycles. The summed E-state index contributed by atoms with van der Waals surface area (Å²) in [6.45, 7) is 4.38. The quantitative estimate of drug-likeness (QED) is 0.796. The third-order valence-electron chi connectivity index (χ3n) is 6.13. The molecule has 5 rings (SSSR count). The first-order valence-electron chi connectivity index (χ1n) is 10.6. The number of allylic oxidation sites excluding steroid dienone is 1. The van der Waals surface area contributed by atoms with E-state index in [9.17, 15) is 9.18 Å². The SMILES string of the molecule is O=c1[nH]c2cccccc-2c1C1=NC2C=C(N3CCN(CCCF)CC3)C=CC2N1. The Morgan fingerprint density at radius 2 is 1.97 bits per heavy atom. The zero-order chi connectivity index (χ0) is 20.5. The molecule has 0 saturated carbocycles. The molecular formula is C23H26FN5O. The summed E-state index contributed by atoms with van der Waals surface area (Å²) in [4.78, 5) is 25.1. The van der Waals surface area contributed by atoms with Crippen LogP contribution in [-0.2, 0) is 0 Å². The van der Waals surface area contributed by atoms with Crippen molar-refractivity contribution in [2.75, 3.05) is 39.4 Å². The predicted octanol–water partition coefficient (Wildman–Crippen LogP) is 2.00. The van der Waals surface area contributed by atoms with Crippen LogP contribution in [0.5, 0.6) is 0 Å². The van der Waals surface area contributed by atoms with E-state index in [4.69, 9.17) is 4.99 Å². The number of piperazine rings is 1. The Balaban J connectivity index is 1.34. The molecule has 7 heteroatoms. The maximum Gasteiger partial charge on any atom is 0.260 e. The molecule has 6 nitrogen and oxygen atoms in total. The zero-order valence-corrected chi connectivity index (χ0v) is 16.9. The average Bonchev–Trinajstić information content (AvgIpc) is 3.23. The average molecular weight is 407 g/mol. The van der Waals surface area contributed by atoms with Gasteiger partial charge >= 0.3 is 0 Å². The minimum atomic E-state index is -0.246. The number of alkyl halides is 1. The number of fused-ring (bicyclic) bond motifs is 2. The van der Waals surface area contributed by atoms with E-state index in [1.54, 1.807) is 0 Å². The van der Waals surface area contributed by atoms with Crippen molar-refractivity contribution in [3.8, 4) is 11.3 Å². The monoisotopic (exact) mass is 407 g/mol. The molecule has 0 aromatic heterocycles. The van der Waals surface area contributed by atoms with E-state index in [1.165, 1.54) is 5.70 Å². The van der Waals surface area contributed by atoms with Gasteiger partial charge in [0.2, 0.25) is 0 Å². The number of hydrogen-bond donors (Lipinski definition) is 2. The van der Waals surface area contributed by atoms with Crippen molar-refractivity contribution in [1.29, 1.82) is 0 Å². The molecule has 156 valence electrons. The number of hydrogen-bond acceptors (Lipinski definition) is 5. The van der Waals surface area contributed by atoms with Gasteiger partial charge in [-0.05, 0) is 24.6 Å². The first-order valence-corrected chi connectivity index (χ1v) is 10.6. The third-order valence-corrected chi connectivity index (χ3v) is 6.13. The van der Waals surface area contributed by atoms with Crippen LogP contribution in [0.4, 0.5) is 4.39 Å². The van der Waals surface area contributed by atoms with Crippen LogP contribution in [0.25, 0.3) is 11.3 Å². The van der Waals surface area contributed by atoms with Gasteiger partial charge in [-0.25, -0.2) is 0 Å². The first kappa shape index (κ1) is 19.1. The minimum Gasteiger partial charge on any atom is -0.369 e. The van der Waals surface area contributed by atoms with Crippen LogP contribution < -0.4 is 10.9 Å². The second-order valence-corrected chi connectivity index (χ2v) is 8.03. The van der Waals surface area contributed by atoms with Crippen LogP contribution in [0.3, 0.4) is 0 Å². The van der Waals surface area contributed by atoms with E-state index in [1.807, 2.05) is 30.3 Å². The van der Waals surface area contributed by atoms with Crippen molar-refractivity contribution in [3.63, 3.8) is 0 Å². The molecule has 0 bridgehead atoms. The summed E-state index contributed by atoms with van der Waals surface area (Å²) in [7, 11) is 0. The van der Waals surface area contributed by atoms with Gasteiger partial charge in [0.15, 0.2) is 0 Å². The number of aromatic nitrogens is 1. The summed E-state index contributed by atoms with van der Waals surface area (Å²) in [6.07, 6.45) is 7.10. The number of amidine groups is 1. The van der Waals surface area contributed by atoms with E-state index in [0.717, 1.165) is 44.0 Å². The Hall–Kier alpha value is -2.93.